The minimum atomic E-state index is -1.07. The van der Waals surface area contributed by atoms with Gasteiger partial charge >= 0.3 is 5.97 Å². The molecular formula is C12H12O4. The van der Waals surface area contributed by atoms with E-state index in [4.69, 9.17) is 0 Å². The first-order valence-electron chi connectivity index (χ1n) is 4.92. The molecule has 0 amide bonds. The van der Waals surface area contributed by atoms with Crippen LogP contribution in [0, 0.1) is 0 Å². The van der Waals surface area contributed by atoms with E-state index in [2.05, 4.69) is 4.74 Å². The van der Waals surface area contributed by atoms with Crippen molar-refractivity contribution < 1.29 is 19.1 Å². The second-order valence-electron chi connectivity index (χ2n) is 3.11. The van der Waals surface area contributed by atoms with Crippen molar-refractivity contribution in [1.29, 1.82) is 0 Å². The van der Waals surface area contributed by atoms with Crippen molar-refractivity contribution in [2.75, 3.05) is 6.61 Å². The number of hydrogen-bond acceptors (Lipinski definition) is 4. The topological polar surface area (TPSA) is 60.4 Å². The van der Waals surface area contributed by atoms with Crippen molar-refractivity contribution >= 4 is 18.0 Å². The maximum absolute atomic E-state index is 11.6. The predicted octanol–water partition coefficient (Wildman–Crippen LogP) is 1.10. The number of carbonyl (C=O) groups excluding carboxylic acids is 3. The lowest BCUT2D eigenvalue weighted by molar-refractivity contribution is -0.154. The summed E-state index contributed by atoms with van der Waals surface area (Å²) in [5, 5.41) is 0. The highest BCUT2D eigenvalue weighted by Gasteiger charge is 2.27. The van der Waals surface area contributed by atoms with E-state index in [0.717, 1.165) is 0 Å². The normalized spacial score (nSPS) is 11.6. The van der Waals surface area contributed by atoms with E-state index in [1.807, 2.05) is 0 Å². The number of carbonyl (C=O) groups is 3. The minimum absolute atomic E-state index is 0.116. The molecule has 0 fully saturated rings. The Hall–Kier alpha value is -1.97. The fourth-order valence-corrected chi connectivity index (χ4v) is 1.28. The second-order valence-corrected chi connectivity index (χ2v) is 3.11. The fraction of sp³-hybridized carbons (Fsp3) is 0.250. The van der Waals surface area contributed by atoms with E-state index in [0.29, 0.717) is 11.8 Å². The summed E-state index contributed by atoms with van der Waals surface area (Å²) in [6.45, 7) is 1.72. The largest absolute Gasteiger partial charge is 0.460 e. The quantitative estimate of drug-likeness (QED) is 0.322. The summed E-state index contributed by atoms with van der Waals surface area (Å²) in [7, 11) is 0. The van der Waals surface area contributed by atoms with Crippen molar-refractivity contribution in [2.45, 2.75) is 12.8 Å². The summed E-state index contributed by atoms with van der Waals surface area (Å²) in [4.78, 5) is 33.6. The molecule has 0 N–H and O–H groups in total. The number of rotatable bonds is 5. The molecule has 84 valence electrons. The molecular weight excluding hydrogens is 208 g/mol. The van der Waals surface area contributed by atoms with Gasteiger partial charge in [-0.15, -0.1) is 0 Å². The molecule has 0 aliphatic rings. The van der Waals surface area contributed by atoms with Gasteiger partial charge in [0.1, 0.15) is 12.2 Å². The molecule has 0 radical (unpaired) electrons. The molecule has 0 aliphatic heterocycles. The van der Waals surface area contributed by atoms with Gasteiger partial charge in [-0.05, 0) is 12.5 Å². The number of ketones is 1. The van der Waals surface area contributed by atoms with Gasteiger partial charge in [0.25, 0.3) is 5.78 Å². The van der Waals surface area contributed by atoms with Crippen molar-refractivity contribution in [3.8, 4) is 0 Å². The average Bonchev–Trinajstić information content (AvgIpc) is 2.31. The highest BCUT2D eigenvalue weighted by Crippen LogP contribution is 2.14. The van der Waals surface area contributed by atoms with Crippen molar-refractivity contribution in [3.63, 3.8) is 0 Å². The van der Waals surface area contributed by atoms with Crippen LogP contribution in [0.5, 0.6) is 0 Å². The maximum atomic E-state index is 11.6. The Labute approximate surface area is 93.2 Å². The van der Waals surface area contributed by atoms with Crippen LogP contribution >= 0.6 is 0 Å². The third kappa shape index (κ3) is 2.76. The lowest BCUT2D eigenvalue weighted by Gasteiger charge is -2.08. The molecule has 0 aliphatic carbocycles. The average molecular weight is 220 g/mol. The summed E-state index contributed by atoms with van der Waals surface area (Å²) >= 11 is 0. The summed E-state index contributed by atoms with van der Waals surface area (Å²) in [5.74, 6) is -2.87. The van der Waals surface area contributed by atoms with Crippen LogP contribution in [0.15, 0.2) is 30.3 Å². The van der Waals surface area contributed by atoms with E-state index in [9.17, 15) is 14.4 Å². The second kappa shape index (κ2) is 5.80. The minimum Gasteiger partial charge on any atom is -0.460 e. The fourth-order valence-electron chi connectivity index (χ4n) is 1.28. The van der Waals surface area contributed by atoms with Gasteiger partial charge < -0.3 is 9.53 Å². The number of Topliss-reactive ketones (excluding diaryl/α,β-unsaturated/α-hetero) is 1. The Balaban J connectivity index is 2.87. The number of benzene rings is 1. The van der Waals surface area contributed by atoms with Gasteiger partial charge in [-0.1, -0.05) is 30.3 Å². The van der Waals surface area contributed by atoms with Crippen LogP contribution in [-0.2, 0) is 19.1 Å². The zero-order valence-electron chi connectivity index (χ0n) is 8.88. The Morgan fingerprint density at radius 2 is 1.94 bits per heavy atom. The highest BCUT2D eigenvalue weighted by molar-refractivity contribution is 6.38. The van der Waals surface area contributed by atoms with E-state index in [-0.39, 0.29) is 6.61 Å². The van der Waals surface area contributed by atoms with Crippen LogP contribution in [0.1, 0.15) is 18.4 Å². The molecule has 1 aromatic carbocycles. The highest BCUT2D eigenvalue weighted by atomic mass is 16.5. The lowest BCUT2D eigenvalue weighted by atomic mass is 9.96. The Kier molecular flexibility index (Phi) is 4.39. The lowest BCUT2D eigenvalue weighted by Crippen LogP contribution is -2.25. The third-order valence-electron chi connectivity index (χ3n) is 2.05. The van der Waals surface area contributed by atoms with Crippen LogP contribution in [0.2, 0.25) is 0 Å². The van der Waals surface area contributed by atoms with Gasteiger partial charge in [-0.2, -0.15) is 0 Å². The smallest absolute Gasteiger partial charge is 0.375 e. The molecule has 0 spiro atoms. The predicted molar refractivity (Wildman–Crippen MR) is 56.9 cm³/mol. The molecule has 0 bridgehead atoms. The van der Waals surface area contributed by atoms with Crippen molar-refractivity contribution in [2.24, 2.45) is 0 Å². The van der Waals surface area contributed by atoms with Crippen LogP contribution < -0.4 is 0 Å². The molecule has 1 rings (SSSR count). The van der Waals surface area contributed by atoms with Gasteiger partial charge in [0.15, 0.2) is 0 Å². The number of ether oxygens (including phenoxy) is 1. The Bertz CT molecular complexity index is 383. The van der Waals surface area contributed by atoms with Crippen LogP contribution in [0.3, 0.4) is 0 Å². The number of esters is 1. The third-order valence-corrected chi connectivity index (χ3v) is 2.05. The maximum Gasteiger partial charge on any atom is 0.375 e. The first-order chi connectivity index (χ1) is 7.70. The molecule has 4 heteroatoms. The van der Waals surface area contributed by atoms with Crippen LogP contribution in [0.4, 0.5) is 0 Å². The summed E-state index contributed by atoms with van der Waals surface area (Å²) < 4.78 is 4.56. The van der Waals surface area contributed by atoms with E-state index < -0.39 is 17.7 Å². The first-order valence-corrected chi connectivity index (χ1v) is 4.92. The molecule has 0 aromatic heterocycles. The number of hydrogen-bond donors (Lipinski definition) is 0. The molecule has 1 unspecified atom stereocenters. The summed E-state index contributed by atoms with van der Waals surface area (Å²) in [6.07, 6.45) is 0.453. The molecule has 16 heavy (non-hydrogen) atoms. The van der Waals surface area contributed by atoms with Crippen molar-refractivity contribution in [3.05, 3.63) is 35.9 Å². The zero-order valence-corrected chi connectivity index (χ0v) is 8.88. The van der Waals surface area contributed by atoms with E-state index >= 15 is 0 Å². The summed E-state index contributed by atoms with van der Waals surface area (Å²) in [5.41, 5.74) is 0.496. The van der Waals surface area contributed by atoms with Gasteiger partial charge in [-0.25, -0.2) is 4.79 Å². The first kappa shape index (κ1) is 12.1. The summed E-state index contributed by atoms with van der Waals surface area (Å²) in [6, 6.07) is 8.40. The Morgan fingerprint density at radius 3 is 2.44 bits per heavy atom. The van der Waals surface area contributed by atoms with Gasteiger partial charge in [0.05, 0.1) is 6.61 Å². The van der Waals surface area contributed by atoms with Crippen LogP contribution in [0.25, 0.3) is 0 Å². The zero-order chi connectivity index (χ0) is 12.0. The van der Waals surface area contributed by atoms with Gasteiger partial charge in [-0.3, -0.25) is 4.79 Å². The van der Waals surface area contributed by atoms with Crippen LogP contribution in [-0.4, -0.2) is 24.6 Å². The van der Waals surface area contributed by atoms with Gasteiger partial charge in [0.2, 0.25) is 0 Å². The standard InChI is InChI=1S/C12H12O4/c1-2-16-12(15)11(14)10(8-13)9-6-4-3-5-7-9/h3-8,10H,2H2,1H3. The molecule has 1 aromatic rings. The van der Waals surface area contributed by atoms with Gasteiger partial charge in [0, 0.05) is 0 Å². The number of aldehydes is 1. The molecule has 0 saturated carbocycles. The van der Waals surface area contributed by atoms with E-state index in [1.54, 1.807) is 37.3 Å². The monoisotopic (exact) mass is 220 g/mol. The SMILES string of the molecule is CCOC(=O)C(=O)C(C=O)c1ccccc1. The molecule has 0 saturated heterocycles. The van der Waals surface area contributed by atoms with Crippen molar-refractivity contribution in [1.82, 2.24) is 0 Å². The molecule has 1 atom stereocenters. The Morgan fingerprint density at radius 1 is 1.31 bits per heavy atom. The molecule has 4 nitrogen and oxygen atoms in total. The van der Waals surface area contributed by atoms with E-state index in [1.165, 1.54) is 0 Å². The molecule has 0 heterocycles.